The summed E-state index contributed by atoms with van der Waals surface area (Å²) in [6.07, 6.45) is 2.16. The number of halogens is 3. The Labute approximate surface area is 118 Å². The van der Waals surface area contributed by atoms with Gasteiger partial charge in [-0.3, -0.25) is 0 Å². The first kappa shape index (κ1) is 15.0. The van der Waals surface area contributed by atoms with E-state index in [2.05, 4.69) is 26.4 Å². The minimum Gasteiger partial charge on any atom is -0.409 e. The predicted molar refractivity (Wildman–Crippen MR) is 74.9 cm³/mol. The van der Waals surface area contributed by atoms with Crippen LogP contribution in [-0.4, -0.2) is 17.6 Å². The molecular weight excluding hydrogens is 324 g/mol. The van der Waals surface area contributed by atoms with Crippen molar-refractivity contribution in [1.29, 1.82) is 0 Å². The predicted octanol–water partition coefficient (Wildman–Crippen LogP) is 3.57. The van der Waals surface area contributed by atoms with Gasteiger partial charge in [0.2, 0.25) is 0 Å². The normalized spacial score (nSPS) is 11.6. The Morgan fingerprint density at radius 3 is 2.83 bits per heavy atom. The van der Waals surface area contributed by atoms with Crippen LogP contribution in [0.1, 0.15) is 19.3 Å². The van der Waals surface area contributed by atoms with Gasteiger partial charge in [-0.1, -0.05) is 16.8 Å². The molecule has 18 heavy (non-hydrogen) atoms. The van der Waals surface area contributed by atoms with Crippen molar-refractivity contribution >= 4 is 39.1 Å². The minimum atomic E-state index is -0.385. The van der Waals surface area contributed by atoms with Gasteiger partial charge in [-0.2, -0.15) is 0 Å². The highest BCUT2D eigenvalue weighted by Crippen LogP contribution is 2.31. The van der Waals surface area contributed by atoms with Crippen LogP contribution in [0.5, 0.6) is 0 Å². The maximum absolute atomic E-state index is 13.0. The van der Waals surface area contributed by atoms with Crippen molar-refractivity contribution in [3.05, 3.63) is 27.4 Å². The molecule has 0 spiro atoms. The SMILES string of the molecule is NC(CCCCNc1c(Cl)cc(F)cc1Br)=NO. The molecule has 4 N–H and O–H groups in total. The van der Waals surface area contributed by atoms with Gasteiger partial charge in [0.15, 0.2) is 0 Å². The van der Waals surface area contributed by atoms with E-state index in [1.807, 2.05) is 0 Å². The van der Waals surface area contributed by atoms with Crippen LogP contribution in [0, 0.1) is 5.82 Å². The molecule has 1 rings (SSSR count). The number of nitrogens with zero attached hydrogens (tertiary/aromatic N) is 1. The van der Waals surface area contributed by atoms with Gasteiger partial charge < -0.3 is 16.3 Å². The highest BCUT2D eigenvalue weighted by Gasteiger charge is 2.07. The number of hydrogen-bond donors (Lipinski definition) is 3. The summed E-state index contributed by atoms with van der Waals surface area (Å²) in [7, 11) is 0. The fourth-order valence-corrected chi connectivity index (χ4v) is 2.37. The quantitative estimate of drug-likeness (QED) is 0.244. The van der Waals surface area contributed by atoms with Crippen molar-refractivity contribution in [2.45, 2.75) is 19.3 Å². The lowest BCUT2D eigenvalue weighted by Crippen LogP contribution is -2.12. The van der Waals surface area contributed by atoms with Gasteiger partial charge in [-0.05, 0) is 40.9 Å². The van der Waals surface area contributed by atoms with E-state index in [9.17, 15) is 4.39 Å². The van der Waals surface area contributed by atoms with Gasteiger partial charge >= 0.3 is 0 Å². The van der Waals surface area contributed by atoms with Gasteiger partial charge in [0.25, 0.3) is 0 Å². The lowest BCUT2D eigenvalue weighted by molar-refractivity contribution is 0.316. The smallest absolute Gasteiger partial charge is 0.139 e. The molecule has 100 valence electrons. The van der Waals surface area contributed by atoms with E-state index in [-0.39, 0.29) is 11.7 Å². The third-order valence-electron chi connectivity index (χ3n) is 2.30. The molecule has 7 heteroatoms. The van der Waals surface area contributed by atoms with Gasteiger partial charge in [-0.15, -0.1) is 0 Å². The van der Waals surface area contributed by atoms with Gasteiger partial charge in [0.05, 0.1) is 10.7 Å². The summed E-state index contributed by atoms with van der Waals surface area (Å²) < 4.78 is 13.6. The Hall–Kier alpha value is -1.01. The van der Waals surface area contributed by atoms with E-state index >= 15 is 0 Å². The molecule has 0 unspecified atom stereocenters. The second-order valence-corrected chi connectivity index (χ2v) is 4.98. The Morgan fingerprint density at radius 1 is 1.50 bits per heavy atom. The van der Waals surface area contributed by atoms with Crippen LogP contribution >= 0.6 is 27.5 Å². The summed E-state index contributed by atoms with van der Waals surface area (Å²) in [6.45, 7) is 0.669. The maximum atomic E-state index is 13.0. The van der Waals surface area contributed by atoms with Crippen molar-refractivity contribution in [3.63, 3.8) is 0 Å². The molecule has 4 nitrogen and oxygen atoms in total. The lowest BCUT2D eigenvalue weighted by Gasteiger charge is -2.10. The van der Waals surface area contributed by atoms with Gasteiger partial charge in [-0.25, -0.2) is 4.39 Å². The average molecular weight is 339 g/mol. The van der Waals surface area contributed by atoms with Crippen molar-refractivity contribution in [2.75, 3.05) is 11.9 Å². The number of unbranched alkanes of at least 4 members (excludes halogenated alkanes) is 1. The number of benzene rings is 1. The number of hydrogen-bond acceptors (Lipinski definition) is 3. The standard InChI is InChI=1S/C11H14BrClFN3O/c12-8-5-7(14)6-9(13)11(8)16-4-2-1-3-10(15)17-18/h5-6,16,18H,1-4H2,(H2,15,17). The minimum absolute atomic E-state index is 0.219. The molecule has 1 aromatic carbocycles. The molecule has 0 heterocycles. The second-order valence-electron chi connectivity index (χ2n) is 3.72. The maximum Gasteiger partial charge on any atom is 0.139 e. The van der Waals surface area contributed by atoms with E-state index in [0.29, 0.717) is 28.1 Å². The highest BCUT2D eigenvalue weighted by atomic mass is 79.9. The third-order valence-corrected chi connectivity index (χ3v) is 3.22. The van der Waals surface area contributed by atoms with Crippen LogP contribution in [0.25, 0.3) is 0 Å². The molecule has 0 aliphatic carbocycles. The fourth-order valence-electron chi connectivity index (χ4n) is 1.41. The van der Waals surface area contributed by atoms with E-state index in [1.165, 1.54) is 12.1 Å². The van der Waals surface area contributed by atoms with Crippen LogP contribution in [-0.2, 0) is 0 Å². The number of oxime groups is 1. The average Bonchev–Trinajstić information content (AvgIpc) is 2.31. The monoisotopic (exact) mass is 337 g/mol. The Morgan fingerprint density at radius 2 is 2.22 bits per heavy atom. The van der Waals surface area contributed by atoms with Crippen LogP contribution in [0.3, 0.4) is 0 Å². The van der Waals surface area contributed by atoms with Crippen molar-refractivity contribution in [3.8, 4) is 0 Å². The molecule has 0 amide bonds. The summed E-state index contributed by atoms with van der Waals surface area (Å²) in [4.78, 5) is 0. The summed E-state index contributed by atoms with van der Waals surface area (Å²) in [5.41, 5.74) is 6.01. The molecule has 0 radical (unpaired) electrons. The van der Waals surface area contributed by atoms with Gasteiger partial charge in [0.1, 0.15) is 11.7 Å². The highest BCUT2D eigenvalue weighted by molar-refractivity contribution is 9.10. The summed E-state index contributed by atoms with van der Waals surface area (Å²) >= 11 is 9.16. The van der Waals surface area contributed by atoms with Crippen LogP contribution in [0.2, 0.25) is 5.02 Å². The molecule has 0 atom stereocenters. The zero-order chi connectivity index (χ0) is 13.5. The number of anilines is 1. The van der Waals surface area contributed by atoms with Crippen LogP contribution in [0.4, 0.5) is 10.1 Å². The molecule has 0 bridgehead atoms. The third kappa shape index (κ3) is 4.70. The van der Waals surface area contributed by atoms with E-state index in [1.54, 1.807) is 0 Å². The molecule has 0 saturated carbocycles. The number of nitrogens with one attached hydrogen (secondary N) is 1. The molecule has 1 aromatic rings. The van der Waals surface area contributed by atoms with Crippen molar-refractivity contribution in [1.82, 2.24) is 0 Å². The zero-order valence-electron chi connectivity index (χ0n) is 9.59. The van der Waals surface area contributed by atoms with E-state index in [4.69, 9.17) is 22.5 Å². The summed E-state index contributed by atoms with van der Waals surface area (Å²) in [5, 5.41) is 14.7. The molecule has 0 aliphatic rings. The summed E-state index contributed by atoms with van der Waals surface area (Å²) in [6, 6.07) is 2.61. The number of rotatable bonds is 6. The number of nitrogens with two attached hydrogens (primary N) is 1. The van der Waals surface area contributed by atoms with Crippen LogP contribution < -0.4 is 11.1 Å². The number of amidine groups is 1. The van der Waals surface area contributed by atoms with Crippen molar-refractivity contribution < 1.29 is 9.60 Å². The summed E-state index contributed by atoms with van der Waals surface area (Å²) in [5.74, 6) is -0.166. The molecular formula is C11H14BrClFN3O. The van der Waals surface area contributed by atoms with Crippen LogP contribution in [0.15, 0.2) is 21.8 Å². The Kier molecular flexibility index (Phi) is 6.21. The molecule has 0 saturated heterocycles. The Balaban J connectivity index is 2.40. The largest absolute Gasteiger partial charge is 0.409 e. The lowest BCUT2D eigenvalue weighted by atomic mass is 10.2. The van der Waals surface area contributed by atoms with E-state index in [0.717, 1.165) is 12.8 Å². The second kappa shape index (κ2) is 7.43. The topological polar surface area (TPSA) is 70.6 Å². The van der Waals surface area contributed by atoms with E-state index < -0.39 is 0 Å². The van der Waals surface area contributed by atoms with Gasteiger partial charge in [0, 0.05) is 17.4 Å². The fraction of sp³-hybridized carbons (Fsp3) is 0.364. The molecule has 0 aliphatic heterocycles. The molecule has 0 aromatic heterocycles. The first-order chi connectivity index (χ1) is 8.54. The first-order valence-electron chi connectivity index (χ1n) is 5.39. The van der Waals surface area contributed by atoms with Crippen molar-refractivity contribution in [2.24, 2.45) is 10.9 Å². The molecule has 0 fully saturated rings. The Bertz CT molecular complexity index is 419. The first-order valence-corrected chi connectivity index (χ1v) is 6.56. The zero-order valence-corrected chi connectivity index (χ0v) is 11.9.